The first kappa shape index (κ1) is 30.8. The number of ether oxygens (including phenoxy) is 1. The Morgan fingerprint density at radius 3 is 2.27 bits per heavy atom. The van der Waals surface area contributed by atoms with E-state index in [0.717, 1.165) is 50.1 Å². The molecule has 44 heavy (non-hydrogen) atoms. The molecule has 3 aromatic carbocycles. The normalized spacial score (nSPS) is 14.5. The molecule has 0 saturated carbocycles. The summed E-state index contributed by atoms with van der Waals surface area (Å²) in [6.07, 6.45) is 6.32. The van der Waals surface area contributed by atoms with E-state index < -0.39 is 5.97 Å². The van der Waals surface area contributed by atoms with Gasteiger partial charge in [0.2, 0.25) is 0 Å². The SMILES string of the molecule is Cc1ccncc1C(=O)NCCC(C)N1CCC(N(Cc2ccccc2)c2ccc(Oc3ccc(C(=O)O)cc3)cc2)CC1. The fourth-order valence-electron chi connectivity index (χ4n) is 5.73. The lowest BCUT2D eigenvalue weighted by Gasteiger charge is -2.42. The number of aromatic nitrogens is 1. The summed E-state index contributed by atoms with van der Waals surface area (Å²) in [6.45, 7) is 7.62. The fraction of sp³-hybridized carbons (Fsp3) is 0.306. The fourth-order valence-corrected chi connectivity index (χ4v) is 5.73. The molecule has 2 heterocycles. The number of amides is 1. The van der Waals surface area contributed by atoms with Gasteiger partial charge in [-0.05, 0) is 98.8 Å². The second-order valence-corrected chi connectivity index (χ2v) is 11.4. The van der Waals surface area contributed by atoms with Crippen LogP contribution in [0.3, 0.4) is 0 Å². The van der Waals surface area contributed by atoms with Crippen LogP contribution in [0.25, 0.3) is 0 Å². The molecule has 4 aromatic rings. The largest absolute Gasteiger partial charge is 0.478 e. The Morgan fingerprint density at radius 1 is 0.977 bits per heavy atom. The summed E-state index contributed by atoms with van der Waals surface area (Å²) in [4.78, 5) is 32.8. The first-order valence-electron chi connectivity index (χ1n) is 15.2. The third-order valence-corrected chi connectivity index (χ3v) is 8.40. The Labute approximate surface area is 259 Å². The first-order valence-corrected chi connectivity index (χ1v) is 15.2. The van der Waals surface area contributed by atoms with Gasteiger partial charge in [-0.1, -0.05) is 30.3 Å². The minimum absolute atomic E-state index is 0.0643. The molecule has 228 valence electrons. The Hall–Kier alpha value is -4.69. The van der Waals surface area contributed by atoms with E-state index in [9.17, 15) is 9.59 Å². The van der Waals surface area contributed by atoms with Crippen molar-refractivity contribution in [3.8, 4) is 11.5 Å². The van der Waals surface area contributed by atoms with Crippen LogP contribution in [-0.2, 0) is 6.54 Å². The zero-order valence-corrected chi connectivity index (χ0v) is 25.4. The smallest absolute Gasteiger partial charge is 0.335 e. The highest BCUT2D eigenvalue weighted by Crippen LogP contribution is 2.30. The van der Waals surface area contributed by atoms with E-state index in [1.165, 1.54) is 5.56 Å². The molecular formula is C36H40N4O4. The maximum atomic E-state index is 12.6. The predicted molar refractivity (Wildman–Crippen MR) is 173 cm³/mol. The van der Waals surface area contributed by atoms with Gasteiger partial charge in [0.25, 0.3) is 5.91 Å². The summed E-state index contributed by atoms with van der Waals surface area (Å²) in [5.74, 6) is 0.272. The van der Waals surface area contributed by atoms with E-state index >= 15 is 0 Å². The van der Waals surface area contributed by atoms with E-state index in [4.69, 9.17) is 9.84 Å². The lowest BCUT2D eigenvalue weighted by molar-refractivity contribution is 0.0696. The number of benzene rings is 3. The molecule has 1 atom stereocenters. The second kappa shape index (κ2) is 14.7. The van der Waals surface area contributed by atoms with Crippen LogP contribution in [-0.4, -0.2) is 58.6 Å². The van der Waals surface area contributed by atoms with Crippen molar-refractivity contribution in [1.82, 2.24) is 15.2 Å². The third-order valence-electron chi connectivity index (χ3n) is 8.40. The summed E-state index contributed by atoms with van der Waals surface area (Å²) in [5.41, 5.74) is 4.20. The van der Waals surface area contributed by atoms with Crippen LogP contribution in [0.4, 0.5) is 5.69 Å². The van der Waals surface area contributed by atoms with Gasteiger partial charge < -0.3 is 25.0 Å². The van der Waals surface area contributed by atoms with Gasteiger partial charge in [0.15, 0.2) is 0 Å². The molecule has 1 unspecified atom stereocenters. The Morgan fingerprint density at radius 2 is 1.64 bits per heavy atom. The minimum Gasteiger partial charge on any atom is -0.478 e. The molecule has 1 aliphatic rings. The standard InChI is InChI=1S/C36H40N4O4/c1-26-16-20-37-24-34(26)35(41)38-21-17-27(2)39-22-18-31(19-23-39)40(25-28-6-4-3-5-7-28)30-10-14-33(15-11-30)44-32-12-8-29(9-13-32)36(42)43/h3-16,20,24,27,31H,17-19,21-23,25H2,1-2H3,(H,38,41)(H,42,43). The predicted octanol–water partition coefficient (Wildman–Crippen LogP) is 6.56. The number of carbonyl (C=O) groups excluding carboxylic acids is 1. The van der Waals surface area contributed by atoms with Gasteiger partial charge in [-0.3, -0.25) is 9.78 Å². The Bertz CT molecular complexity index is 1520. The summed E-state index contributed by atoms with van der Waals surface area (Å²) < 4.78 is 5.98. The van der Waals surface area contributed by atoms with Crippen molar-refractivity contribution >= 4 is 17.6 Å². The molecule has 0 bridgehead atoms. The molecule has 0 spiro atoms. The van der Waals surface area contributed by atoms with Crippen LogP contribution >= 0.6 is 0 Å². The number of carboxylic acids is 1. The summed E-state index contributed by atoms with van der Waals surface area (Å²) in [6, 6.07) is 27.7. The highest BCUT2D eigenvalue weighted by Gasteiger charge is 2.27. The number of nitrogens with one attached hydrogen (secondary N) is 1. The Kier molecular flexibility index (Phi) is 10.2. The molecule has 2 N–H and O–H groups in total. The molecular weight excluding hydrogens is 552 g/mol. The van der Waals surface area contributed by atoms with Gasteiger partial charge in [0.1, 0.15) is 11.5 Å². The molecule has 0 radical (unpaired) electrons. The van der Waals surface area contributed by atoms with Crippen molar-refractivity contribution in [2.75, 3.05) is 24.5 Å². The van der Waals surface area contributed by atoms with Crippen molar-refractivity contribution in [2.45, 2.75) is 51.7 Å². The van der Waals surface area contributed by atoms with Crippen molar-refractivity contribution in [3.05, 3.63) is 120 Å². The van der Waals surface area contributed by atoms with Gasteiger partial charge >= 0.3 is 5.97 Å². The number of rotatable bonds is 12. The number of hydrogen-bond acceptors (Lipinski definition) is 6. The third kappa shape index (κ3) is 8.02. The van der Waals surface area contributed by atoms with E-state index in [2.05, 4.69) is 63.4 Å². The number of hydrogen-bond donors (Lipinski definition) is 2. The number of carboxylic acid groups (broad SMARTS) is 1. The Balaban J connectivity index is 1.18. The molecule has 8 heteroatoms. The van der Waals surface area contributed by atoms with Gasteiger partial charge in [-0.2, -0.15) is 0 Å². The van der Waals surface area contributed by atoms with Crippen LogP contribution in [0, 0.1) is 6.92 Å². The maximum absolute atomic E-state index is 12.6. The zero-order chi connectivity index (χ0) is 30.9. The number of piperidine rings is 1. The average molecular weight is 593 g/mol. The maximum Gasteiger partial charge on any atom is 0.335 e. The van der Waals surface area contributed by atoms with Crippen LogP contribution in [0.2, 0.25) is 0 Å². The van der Waals surface area contributed by atoms with Crippen LogP contribution in [0.15, 0.2) is 97.3 Å². The molecule has 1 aromatic heterocycles. The van der Waals surface area contributed by atoms with Crippen LogP contribution < -0.4 is 15.0 Å². The molecule has 0 aliphatic carbocycles. The number of pyridine rings is 1. The zero-order valence-electron chi connectivity index (χ0n) is 25.4. The number of aromatic carboxylic acids is 1. The first-order chi connectivity index (χ1) is 21.4. The lowest BCUT2D eigenvalue weighted by Crippen LogP contribution is -2.48. The average Bonchev–Trinajstić information content (AvgIpc) is 3.05. The van der Waals surface area contributed by atoms with Gasteiger partial charge in [-0.15, -0.1) is 0 Å². The number of nitrogens with zero attached hydrogens (tertiary/aromatic N) is 3. The van der Waals surface area contributed by atoms with E-state index in [-0.39, 0.29) is 11.5 Å². The summed E-state index contributed by atoms with van der Waals surface area (Å²) >= 11 is 0. The number of likely N-dealkylation sites (tertiary alicyclic amines) is 1. The molecule has 1 amide bonds. The van der Waals surface area contributed by atoms with Gasteiger partial charge in [0, 0.05) is 56.3 Å². The summed E-state index contributed by atoms with van der Waals surface area (Å²) in [5, 5.41) is 12.2. The van der Waals surface area contributed by atoms with Gasteiger partial charge in [-0.25, -0.2) is 4.79 Å². The highest BCUT2D eigenvalue weighted by atomic mass is 16.5. The molecule has 5 rings (SSSR count). The van der Waals surface area contributed by atoms with Crippen molar-refractivity contribution in [1.29, 1.82) is 0 Å². The van der Waals surface area contributed by atoms with Crippen molar-refractivity contribution in [2.24, 2.45) is 0 Å². The summed E-state index contributed by atoms with van der Waals surface area (Å²) in [7, 11) is 0. The van der Waals surface area contributed by atoms with E-state index in [1.807, 2.05) is 31.2 Å². The monoisotopic (exact) mass is 592 g/mol. The van der Waals surface area contributed by atoms with Crippen molar-refractivity contribution in [3.63, 3.8) is 0 Å². The number of carbonyl (C=O) groups is 2. The molecule has 1 fully saturated rings. The van der Waals surface area contributed by atoms with Crippen molar-refractivity contribution < 1.29 is 19.4 Å². The van der Waals surface area contributed by atoms with Gasteiger partial charge in [0.05, 0.1) is 11.1 Å². The highest BCUT2D eigenvalue weighted by molar-refractivity contribution is 5.95. The lowest BCUT2D eigenvalue weighted by atomic mass is 9.99. The van der Waals surface area contributed by atoms with Crippen LogP contribution in [0.5, 0.6) is 11.5 Å². The minimum atomic E-state index is -0.958. The van der Waals surface area contributed by atoms with Crippen LogP contribution in [0.1, 0.15) is 58.0 Å². The van der Waals surface area contributed by atoms with E-state index in [1.54, 1.807) is 36.7 Å². The molecule has 1 saturated heterocycles. The number of anilines is 1. The topological polar surface area (TPSA) is 95.0 Å². The van der Waals surface area contributed by atoms with E-state index in [0.29, 0.717) is 35.7 Å². The quantitative estimate of drug-likeness (QED) is 0.192. The molecule has 1 aliphatic heterocycles. The molecule has 8 nitrogen and oxygen atoms in total. The number of aryl methyl sites for hydroxylation is 1. The second-order valence-electron chi connectivity index (χ2n) is 11.4.